The highest BCUT2D eigenvalue weighted by Crippen LogP contribution is 2.52. The number of para-hydroxylation sites is 1. The topological polar surface area (TPSA) is 30.5 Å². The summed E-state index contributed by atoms with van der Waals surface area (Å²) in [7, 11) is 1.66. The number of hydrogen-bond acceptors (Lipinski definition) is 3. The maximum Gasteiger partial charge on any atom is 0.175 e. The summed E-state index contributed by atoms with van der Waals surface area (Å²) in [6, 6.07) is 16.2. The summed E-state index contributed by atoms with van der Waals surface area (Å²) in [4.78, 5) is 0. The lowest BCUT2D eigenvalue weighted by molar-refractivity contribution is 0.282. The Morgan fingerprint density at radius 3 is 2.67 bits per heavy atom. The van der Waals surface area contributed by atoms with Crippen molar-refractivity contribution in [2.45, 2.75) is 25.0 Å². The van der Waals surface area contributed by atoms with Crippen molar-refractivity contribution in [1.29, 1.82) is 0 Å². The van der Waals surface area contributed by atoms with Gasteiger partial charge in [0.05, 0.1) is 33.4 Å². The number of hydrogen-bond donors (Lipinski definition) is 1. The normalized spacial score (nSPS) is 20.7. The average molecular weight is 610 g/mol. The van der Waals surface area contributed by atoms with Crippen molar-refractivity contribution in [1.82, 2.24) is 0 Å². The Kier molecular flexibility index (Phi) is 6.67. The molecule has 0 aromatic heterocycles. The Hall–Kier alpha value is -1.66. The second-order valence-electron chi connectivity index (χ2n) is 8.25. The van der Waals surface area contributed by atoms with Crippen LogP contribution < -0.4 is 14.8 Å². The zero-order valence-corrected chi connectivity index (χ0v) is 22.4. The highest BCUT2D eigenvalue weighted by molar-refractivity contribution is 9.11. The smallest absolute Gasteiger partial charge is 0.175 e. The summed E-state index contributed by atoms with van der Waals surface area (Å²) in [6.45, 7) is 0.349. The molecule has 0 amide bonds. The molecule has 3 nitrogen and oxygen atoms in total. The molecule has 1 aliphatic heterocycles. The van der Waals surface area contributed by atoms with Crippen LogP contribution in [0.2, 0.25) is 10.0 Å². The van der Waals surface area contributed by atoms with E-state index in [1.54, 1.807) is 13.2 Å². The zero-order valence-electron chi connectivity index (χ0n) is 17.7. The molecule has 7 heteroatoms. The van der Waals surface area contributed by atoms with Gasteiger partial charge in [0, 0.05) is 10.4 Å². The number of benzene rings is 3. The van der Waals surface area contributed by atoms with Gasteiger partial charge in [-0.25, -0.2) is 0 Å². The van der Waals surface area contributed by atoms with Crippen molar-refractivity contribution < 1.29 is 9.47 Å². The minimum atomic E-state index is 0.144. The lowest BCUT2D eigenvalue weighted by atomic mass is 9.77. The first-order valence-corrected chi connectivity index (χ1v) is 13.0. The number of allylic oxidation sites excluding steroid dienone is 2. The molecule has 0 spiro atoms. The summed E-state index contributed by atoms with van der Waals surface area (Å²) >= 11 is 19.6. The van der Waals surface area contributed by atoms with E-state index in [-0.39, 0.29) is 6.04 Å². The van der Waals surface area contributed by atoms with Gasteiger partial charge in [-0.3, -0.25) is 0 Å². The van der Waals surface area contributed by atoms with Crippen molar-refractivity contribution in [2.75, 3.05) is 12.4 Å². The number of rotatable bonds is 5. The monoisotopic (exact) mass is 607 g/mol. The van der Waals surface area contributed by atoms with Gasteiger partial charge < -0.3 is 14.8 Å². The van der Waals surface area contributed by atoms with Crippen LogP contribution in [0, 0.1) is 5.92 Å². The zero-order chi connectivity index (χ0) is 23.1. The van der Waals surface area contributed by atoms with Gasteiger partial charge in [0.2, 0.25) is 0 Å². The Morgan fingerprint density at radius 2 is 1.88 bits per heavy atom. The van der Waals surface area contributed by atoms with E-state index < -0.39 is 0 Å². The molecular weight excluding hydrogens is 589 g/mol. The molecule has 3 atom stereocenters. The van der Waals surface area contributed by atoms with Crippen molar-refractivity contribution in [3.8, 4) is 11.5 Å². The minimum absolute atomic E-state index is 0.144. The number of fused-ring (bicyclic) bond motifs is 3. The van der Waals surface area contributed by atoms with Gasteiger partial charge >= 0.3 is 0 Å². The van der Waals surface area contributed by atoms with Gasteiger partial charge in [-0.1, -0.05) is 53.6 Å². The summed E-state index contributed by atoms with van der Waals surface area (Å²) in [5.41, 5.74) is 4.58. The fourth-order valence-electron chi connectivity index (χ4n) is 4.76. The van der Waals surface area contributed by atoms with Crippen molar-refractivity contribution in [3.63, 3.8) is 0 Å². The SMILES string of the molecule is COc1cc([C@@H]2Nc3c(Br)cccc3[C@@H]3C=CC[C@@H]32)cc(Br)c1OCc1ccc(Cl)c(Cl)c1. The molecule has 3 aromatic carbocycles. The molecule has 0 radical (unpaired) electrons. The summed E-state index contributed by atoms with van der Waals surface area (Å²) in [5.74, 6) is 2.16. The van der Waals surface area contributed by atoms with E-state index in [1.807, 2.05) is 12.1 Å². The van der Waals surface area contributed by atoms with Crippen LogP contribution >= 0.6 is 55.1 Å². The van der Waals surface area contributed by atoms with Gasteiger partial charge in [-0.2, -0.15) is 0 Å². The van der Waals surface area contributed by atoms with E-state index in [9.17, 15) is 0 Å². The molecule has 3 aromatic rings. The van der Waals surface area contributed by atoms with Crippen molar-refractivity contribution >= 4 is 60.7 Å². The summed E-state index contributed by atoms with van der Waals surface area (Å²) < 4.78 is 13.8. The Labute approximate surface area is 220 Å². The largest absolute Gasteiger partial charge is 0.493 e. The van der Waals surface area contributed by atoms with Crippen LogP contribution in [0.4, 0.5) is 5.69 Å². The first-order chi connectivity index (χ1) is 16.0. The number of methoxy groups -OCH3 is 1. The van der Waals surface area contributed by atoms with Crippen molar-refractivity contribution in [2.24, 2.45) is 5.92 Å². The van der Waals surface area contributed by atoms with Gasteiger partial charge in [0.25, 0.3) is 0 Å². The van der Waals surface area contributed by atoms with Crippen LogP contribution in [-0.2, 0) is 6.61 Å². The van der Waals surface area contributed by atoms with E-state index in [0.717, 1.165) is 32.2 Å². The lowest BCUT2D eigenvalue weighted by Crippen LogP contribution is -2.29. The molecule has 0 saturated carbocycles. The second-order valence-corrected chi connectivity index (χ2v) is 10.8. The highest BCUT2D eigenvalue weighted by atomic mass is 79.9. The summed E-state index contributed by atoms with van der Waals surface area (Å²) in [5, 5.41) is 4.82. The Morgan fingerprint density at radius 1 is 1.03 bits per heavy atom. The first-order valence-electron chi connectivity index (χ1n) is 10.6. The Balaban J connectivity index is 1.45. The van der Waals surface area contributed by atoms with Crippen LogP contribution in [0.3, 0.4) is 0 Å². The van der Waals surface area contributed by atoms with Gasteiger partial charge in [-0.15, -0.1) is 0 Å². The molecular formula is C26H21Br2Cl2NO2. The minimum Gasteiger partial charge on any atom is -0.493 e. The van der Waals surface area contributed by atoms with Crippen LogP contribution in [-0.4, -0.2) is 7.11 Å². The van der Waals surface area contributed by atoms with Crippen LogP contribution in [0.25, 0.3) is 0 Å². The van der Waals surface area contributed by atoms with E-state index in [2.05, 4.69) is 79.7 Å². The van der Waals surface area contributed by atoms with Crippen LogP contribution in [0.1, 0.15) is 35.1 Å². The second kappa shape index (κ2) is 9.53. The first kappa shape index (κ1) is 23.1. The Bertz CT molecular complexity index is 1250. The third-order valence-corrected chi connectivity index (χ3v) is 8.31. The standard InChI is InChI=1S/C26H21Br2Cl2NO2/c1-32-23-12-15(11-20(28)26(23)33-13-14-8-9-21(29)22(30)10-14)24-17-5-2-4-16(17)18-6-3-7-19(27)25(18)31-24/h2-4,6-12,16-17,24,31H,5,13H2,1H3/t16-,17+,24+/m1/s1. The van der Waals surface area contributed by atoms with Crippen LogP contribution in [0.15, 0.2) is 69.6 Å². The molecule has 170 valence electrons. The predicted octanol–water partition coefficient (Wildman–Crippen LogP) is 8.93. The summed E-state index contributed by atoms with van der Waals surface area (Å²) in [6.07, 6.45) is 5.66. The van der Waals surface area contributed by atoms with E-state index in [0.29, 0.717) is 40.0 Å². The number of anilines is 1. The number of halogens is 4. The fourth-order valence-corrected chi connectivity index (χ4v) is 6.15. The molecule has 0 saturated heterocycles. The fraction of sp³-hybridized carbons (Fsp3) is 0.231. The number of ether oxygens (including phenoxy) is 2. The molecule has 2 aliphatic rings. The molecule has 1 N–H and O–H groups in total. The van der Waals surface area contributed by atoms with E-state index >= 15 is 0 Å². The highest BCUT2D eigenvalue weighted by Gasteiger charge is 2.39. The van der Waals surface area contributed by atoms with Gasteiger partial charge in [0.15, 0.2) is 11.5 Å². The number of nitrogens with one attached hydrogen (secondary N) is 1. The van der Waals surface area contributed by atoms with E-state index in [4.69, 9.17) is 32.7 Å². The molecule has 1 aliphatic carbocycles. The molecule has 0 unspecified atom stereocenters. The van der Waals surface area contributed by atoms with Crippen molar-refractivity contribution in [3.05, 3.63) is 96.4 Å². The van der Waals surface area contributed by atoms with E-state index in [1.165, 1.54) is 5.56 Å². The lowest BCUT2D eigenvalue weighted by Gasteiger charge is -2.38. The molecule has 0 fully saturated rings. The molecule has 1 heterocycles. The quantitative estimate of drug-likeness (QED) is 0.293. The maximum atomic E-state index is 6.15. The molecule has 0 bridgehead atoms. The maximum absolute atomic E-state index is 6.15. The molecule has 5 rings (SSSR count). The van der Waals surface area contributed by atoms with Crippen LogP contribution in [0.5, 0.6) is 11.5 Å². The predicted molar refractivity (Wildman–Crippen MR) is 142 cm³/mol. The third kappa shape index (κ3) is 4.41. The molecule has 33 heavy (non-hydrogen) atoms. The third-order valence-electron chi connectivity index (χ3n) is 6.32. The van der Waals surface area contributed by atoms with Gasteiger partial charge in [0.1, 0.15) is 6.61 Å². The average Bonchev–Trinajstić information content (AvgIpc) is 3.30. The van der Waals surface area contributed by atoms with Gasteiger partial charge in [-0.05, 0) is 91.2 Å².